The smallest absolute Gasteiger partial charge is 0.253 e. The van der Waals surface area contributed by atoms with E-state index in [9.17, 15) is 4.79 Å². The van der Waals surface area contributed by atoms with E-state index in [4.69, 9.17) is 9.72 Å². The molecule has 0 aliphatic carbocycles. The Bertz CT molecular complexity index is 1180. The van der Waals surface area contributed by atoms with E-state index in [-0.39, 0.29) is 5.91 Å². The summed E-state index contributed by atoms with van der Waals surface area (Å²) < 4.78 is 8.43. The first-order valence-corrected chi connectivity index (χ1v) is 10.8. The van der Waals surface area contributed by atoms with Crippen LogP contribution in [0.25, 0.3) is 26.4 Å². The molecule has 4 aromatic rings. The minimum atomic E-state index is 0.142. The molecule has 1 aliphatic rings. The Labute approximate surface area is 173 Å². The van der Waals surface area contributed by atoms with E-state index in [1.54, 1.807) is 18.4 Å². The van der Waals surface area contributed by atoms with Gasteiger partial charge in [-0.2, -0.15) is 0 Å². The summed E-state index contributed by atoms with van der Waals surface area (Å²) in [5.41, 5.74) is 3.84. The van der Waals surface area contributed by atoms with E-state index in [2.05, 4.69) is 17.5 Å². The van der Waals surface area contributed by atoms with Gasteiger partial charge in [-0.1, -0.05) is 18.3 Å². The SMILES string of the molecule is COc1ccc(-c2cn3c(n2)sc2cc(C(=O)N4CCC(C)CC4)ccc23)cc1. The number of hydrogen-bond acceptors (Lipinski definition) is 4. The first-order chi connectivity index (χ1) is 14.1. The number of rotatable bonds is 3. The topological polar surface area (TPSA) is 46.8 Å². The van der Waals surface area contributed by atoms with Gasteiger partial charge in [0.05, 0.1) is 23.0 Å². The van der Waals surface area contributed by atoms with Gasteiger partial charge in [-0.25, -0.2) is 4.98 Å². The zero-order valence-corrected chi connectivity index (χ0v) is 17.4. The molecular formula is C23H23N3O2S. The van der Waals surface area contributed by atoms with Crippen LogP contribution < -0.4 is 4.74 Å². The van der Waals surface area contributed by atoms with E-state index >= 15 is 0 Å². The number of piperidine rings is 1. The molecule has 1 aliphatic heterocycles. The average molecular weight is 406 g/mol. The van der Waals surface area contributed by atoms with Crippen molar-refractivity contribution in [2.75, 3.05) is 20.2 Å². The van der Waals surface area contributed by atoms with Crippen molar-refractivity contribution in [3.8, 4) is 17.0 Å². The number of benzene rings is 2. The molecule has 1 saturated heterocycles. The molecule has 148 valence electrons. The second-order valence-electron chi connectivity index (χ2n) is 7.77. The van der Waals surface area contributed by atoms with Crippen molar-refractivity contribution in [1.29, 1.82) is 0 Å². The fourth-order valence-corrected chi connectivity index (χ4v) is 4.98. The summed E-state index contributed by atoms with van der Waals surface area (Å²) in [6, 6.07) is 13.9. The number of thiazole rings is 1. The normalized spacial score (nSPS) is 15.3. The summed E-state index contributed by atoms with van der Waals surface area (Å²) in [6.45, 7) is 3.98. The third-order valence-corrected chi connectivity index (χ3v) is 6.82. The number of methoxy groups -OCH3 is 1. The van der Waals surface area contributed by atoms with Gasteiger partial charge in [0, 0.05) is 30.4 Å². The molecule has 6 heteroatoms. The van der Waals surface area contributed by atoms with Crippen LogP contribution in [0.4, 0.5) is 0 Å². The summed E-state index contributed by atoms with van der Waals surface area (Å²) in [5, 5.41) is 0. The van der Waals surface area contributed by atoms with Gasteiger partial charge in [-0.15, -0.1) is 0 Å². The molecule has 0 bridgehead atoms. The second-order valence-corrected chi connectivity index (χ2v) is 8.78. The van der Waals surface area contributed by atoms with Gasteiger partial charge in [0.2, 0.25) is 0 Å². The number of aromatic nitrogens is 2. The van der Waals surface area contributed by atoms with E-state index in [0.29, 0.717) is 5.92 Å². The Balaban J connectivity index is 1.45. The zero-order chi connectivity index (χ0) is 20.0. The van der Waals surface area contributed by atoms with Crippen LogP contribution in [0, 0.1) is 5.92 Å². The molecule has 0 N–H and O–H groups in total. The fourth-order valence-electron chi connectivity index (χ4n) is 3.93. The Morgan fingerprint density at radius 2 is 1.90 bits per heavy atom. The van der Waals surface area contributed by atoms with Crippen LogP contribution in [0.15, 0.2) is 48.7 Å². The lowest BCUT2D eigenvalue weighted by atomic mass is 9.98. The van der Waals surface area contributed by atoms with Crippen molar-refractivity contribution >= 4 is 32.4 Å². The van der Waals surface area contributed by atoms with Crippen molar-refractivity contribution in [3.63, 3.8) is 0 Å². The highest BCUT2D eigenvalue weighted by molar-refractivity contribution is 7.23. The van der Waals surface area contributed by atoms with Gasteiger partial charge in [0.15, 0.2) is 4.96 Å². The molecule has 0 spiro atoms. The number of carbonyl (C=O) groups is 1. The molecule has 29 heavy (non-hydrogen) atoms. The van der Waals surface area contributed by atoms with Gasteiger partial charge >= 0.3 is 0 Å². The minimum Gasteiger partial charge on any atom is -0.497 e. The third kappa shape index (κ3) is 3.27. The number of fused-ring (bicyclic) bond motifs is 3. The summed E-state index contributed by atoms with van der Waals surface area (Å²) >= 11 is 1.62. The second kappa shape index (κ2) is 7.19. The summed E-state index contributed by atoms with van der Waals surface area (Å²) in [5.74, 6) is 1.69. The Kier molecular flexibility index (Phi) is 4.51. The van der Waals surface area contributed by atoms with Crippen LogP contribution >= 0.6 is 11.3 Å². The van der Waals surface area contributed by atoms with E-state index in [1.165, 1.54) is 0 Å². The number of hydrogen-bond donors (Lipinski definition) is 0. The Hall–Kier alpha value is -2.86. The van der Waals surface area contributed by atoms with Gasteiger partial charge in [-0.3, -0.25) is 9.20 Å². The molecule has 0 radical (unpaired) electrons. The lowest BCUT2D eigenvalue weighted by Gasteiger charge is -2.30. The van der Waals surface area contributed by atoms with Crippen molar-refractivity contribution < 1.29 is 9.53 Å². The molecule has 1 fully saturated rings. The summed E-state index contributed by atoms with van der Waals surface area (Å²) in [6.07, 6.45) is 4.24. The van der Waals surface area contributed by atoms with Crippen LogP contribution in [-0.2, 0) is 0 Å². The number of likely N-dealkylation sites (tertiary alicyclic amines) is 1. The van der Waals surface area contributed by atoms with Crippen molar-refractivity contribution in [3.05, 3.63) is 54.2 Å². The van der Waals surface area contributed by atoms with Gasteiger partial charge in [0.25, 0.3) is 5.91 Å². The largest absolute Gasteiger partial charge is 0.497 e. The average Bonchev–Trinajstić information content (AvgIpc) is 3.31. The molecule has 0 saturated carbocycles. The number of imidazole rings is 1. The van der Waals surface area contributed by atoms with Crippen molar-refractivity contribution in [1.82, 2.24) is 14.3 Å². The predicted molar refractivity (Wildman–Crippen MR) is 117 cm³/mol. The first-order valence-electron chi connectivity index (χ1n) is 9.98. The number of carbonyl (C=O) groups excluding carboxylic acids is 1. The Morgan fingerprint density at radius 3 is 2.62 bits per heavy atom. The molecule has 0 unspecified atom stereocenters. The van der Waals surface area contributed by atoms with Gasteiger partial charge < -0.3 is 9.64 Å². The van der Waals surface area contributed by atoms with E-state index in [1.807, 2.05) is 47.4 Å². The summed E-state index contributed by atoms with van der Waals surface area (Å²) in [4.78, 5) is 20.6. The lowest BCUT2D eigenvalue weighted by Crippen LogP contribution is -2.37. The van der Waals surface area contributed by atoms with E-state index in [0.717, 1.165) is 63.7 Å². The van der Waals surface area contributed by atoms with Crippen LogP contribution in [-0.4, -0.2) is 40.4 Å². The lowest BCUT2D eigenvalue weighted by molar-refractivity contribution is 0.0697. The van der Waals surface area contributed by atoms with Crippen molar-refractivity contribution in [2.24, 2.45) is 5.92 Å². The molecule has 2 aromatic heterocycles. The monoisotopic (exact) mass is 405 g/mol. The maximum Gasteiger partial charge on any atom is 0.253 e. The minimum absolute atomic E-state index is 0.142. The van der Waals surface area contributed by atoms with Crippen LogP contribution in [0.1, 0.15) is 30.1 Å². The molecular weight excluding hydrogens is 382 g/mol. The fraction of sp³-hybridized carbons (Fsp3) is 0.304. The number of ether oxygens (including phenoxy) is 1. The van der Waals surface area contributed by atoms with Crippen molar-refractivity contribution in [2.45, 2.75) is 19.8 Å². The van der Waals surface area contributed by atoms with Crippen LogP contribution in [0.2, 0.25) is 0 Å². The highest BCUT2D eigenvalue weighted by Crippen LogP contribution is 2.31. The molecule has 5 rings (SSSR count). The number of amides is 1. The summed E-state index contributed by atoms with van der Waals surface area (Å²) in [7, 11) is 1.67. The standard InChI is InChI=1S/C23H23N3O2S/c1-15-9-11-25(12-10-15)22(27)17-5-8-20-21(13-17)29-23-24-19(14-26(20)23)16-3-6-18(28-2)7-4-16/h3-8,13-15H,9-12H2,1-2H3. The predicted octanol–water partition coefficient (Wildman–Crippen LogP) is 5.10. The van der Waals surface area contributed by atoms with Gasteiger partial charge in [-0.05, 0) is 61.2 Å². The quantitative estimate of drug-likeness (QED) is 0.477. The van der Waals surface area contributed by atoms with Crippen LogP contribution in [0.3, 0.4) is 0 Å². The molecule has 3 heterocycles. The highest BCUT2D eigenvalue weighted by Gasteiger charge is 2.22. The third-order valence-electron chi connectivity index (χ3n) is 5.80. The van der Waals surface area contributed by atoms with Gasteiger partial charge in [0.1, 0.15) is 5.75 Å². The molecule has 0 atom stereocenters. The number of nitrogens with zero attached hydrogens (tertiary/aromatic N) is 3. The molecule has 2 aromatic carbocycles. The highest BCUT2D eigenvalue weighted by atomic mass is 32.1. The van der Waals surface area contributed by atoms with E-state index < -0.39 is 0 Å². The van der Waals surface area contributed by atoms with Crippen LogP contribution in [0.5, 0.6) is 5.75 Å². The Morgan fingerprint density at radius 1 is 1.14 bits per heavy atom. The zero-order valence-electron chi connectivity index (χ0n) is 16.6. The molecule has 5 nitrogen and oxygen atoms in total. The maximum absolute atomic E-state index is 12.9. The maximum atomic E-state index is 12.9. The molecule has 1 amide bonds. The first kappa shape index (κ1) is 18.2.